The molecule has 7 nitrogen and oxygen atoms in total. The van der Waals surface area contributed by atoms with Gasteiger partial charge in [-0.15, -0.1) is 0 Å². The second-order valence-corrected chi connectivity index (χ2v) is 8.52. The number of rotatable bonds is 8. The molecule has 4 fully saturated rings. The van der Waals surface area contributed by atoms with E-state index >= 15 is 0 Å². The van der Waals surface area contributed by atoms with E-state index in [-0.39, 0.29) is 0 Å². The van der Waals surface area contributed by atoms with E-state index in [2.05, 4.69) is 6.92 Å². The predicted octanol–water partition coefficient (Wildman–Crippen LogP) is 3.20. The van der Waals surface area contributed by atoms with E-state index in [1.54, 1.807) is 24.3 Å². The van der Waals surface area contributed by atoms with Crippen LogP contribution in [0.5, 0.6) is 0 Å². The summed E-state index contributed by atoms with van der Waals surface area (Å²) in [5.41, 5.74) is 1.42. The summed E-state index contributed by atoms with van der Waals surface area (Å²) in [7, 11) is 0. The van der Waals surface area contributed by atoms with Gasteiger partial charge in [0.05, 0.1) is 12.2 Å². The molecule has 32 heavy (non-hydrogen) atoms. The molecule has 3 aliphatic heterocycles. The number of hydrogen-bond donors (Lipinski definition) is 1. The minimum atomic E-state index is -1.24. The number of aliphatic hydroxyl groups excluding tert-OH is 1. The molecule has 0 aromatic heterocycles. The van der Waals surface area contributed by atoms with E-state index in [4.69, 9.17) is 23.7 Å². The molecule has 4 aliphatic rings. The van der Waals surface area contributed by atoms with Gasteiger partial charge in [-0.25, -0.2) is 4.79 Å². The van der Waals surface area contributed by atoms with Gasteiger partial charge in [-0.2, -0.15) is 0 Å². The smallest absolute Gasteiger partial charge is 0.338 e. The fourth-order valence-corrected chi connectivity index (χ4v) is 4.68. The molecule has 7 heteroatoms. The van der Waals surface area contributed by atoms with Crippen LogP contribution in [0.2, 0.25) is 0 Å². The lowest BCUT2D eigenvalue weighted by atomic mass is 9.81. The van der Waals surface area contributed by atoms with E-state index in [9.17, 15) is 9.90 Å². The molecule has 3 heterocycles. The Morgan fingerprint density at radius 3 is 2.25 bits per heavy atom. The van der Waals surface area contributed by atoms with E-state index in [0.29, 0.717) is 18.6 Å². The lowest BCUT2D eigenvalue weighted by Crippen LogP contribution is -2.79. The Bertz CT molecular complexity index is 920. The van der Waals surface area contributed by atoms with E-state index in [1.165, 1.54) is 0 Å². The first kappa shape index (κ1) is 21.6. The fraction of sp³-hybridized carbons (Fsp3) is 0.480. The highest BCUT2D eigenvalue weighted by molar-refractivity contribution is 5.89. The zero-order valence-electron chi connectivity index (χ0n) is 18.0. The zero-order chi connectivity index (χ0) is 22.1. The molecule has 0 radical (unpaired) electrons. The molecule has 3 saturated heterocycles. The molecule has 1 N–H and O–H groups in total. The average molecular weight is 440 g/mol. The number of ether oxygens (including phenoxy) is 5. The number of carbonyl (C=O) groups is 1. The standard InChI is InChI=1S/C25H28O7/c1-2-3-14-25-30-19-18(26)20(31-25)22(29-24(27)17-12-8-5-9-13-17)23(32-25)21(19)28-15-16-10-6-4-7-11-16/h4-13,18-23,26H,2-3,14-15H2,1H3/t18-,19+,20-,21-,22+,23+,25?/m1/s1. The topological polar surface area (TPSA) is 83.5 Å². The quantitative estimate of drug-likeness (QED) is 0.631. The van der Waals surface area contributed by atoms with Crippen molar-refractivity contribution in [1.29, 1.82) is 0 Å². The van der Waals surface area contributed by atoms with Crippen molar-refractivity contribution < 1.29 is 33.6 Å². The Labute approximate surface area is 187 Å². The summed E-state index contributed by atoms with van der Waals surface area (Å²) >= 11 is 0. The van der Waals surface area contributed by atoms with Crippen molar-refractivity contribution in [3.8, 4) is 0 Å². The molecule has 7 atom stereocenters. The molecule has 6 rings (SSSR count). The highest BCUT2D eigenvalue weighted by Gasteiger charge is 2.68. The van der Waals surface area contributed by atoms with Crippen molar-refractivity contribution >= 4 is 5.97 Å². The van der Waals surface area contributed by atoms with Crippen LogP contribution in [-0.4, -0.2) is 53.7 Å². The van der Waals surface area contributed by atoms with Crippen molar-refractivity contribution in [2.75, 3.05) is 0 Å². The van der Waals surface area contributed by atoms with E-state index in [1.807, 2.05) is 36.4 Å². The van der Waals surface area contributed by atoms with Gasteiger partial charge in [0.15, 0.2) is 6.10 Å². The molecule has 170 valence electrons. The summed E-state index contributed by atoms with van der Waals surface area (Å²) in [6.45, 7) is 2.40. The normalized spacial score (nSPS) is 35.1. The molecule has 2 aromatic rings. The largest absolute Gasteiger partial charge is 0.453 e. The second kappa shape index (κ2) is 8.92. The van der Waals surface area contributed by atoms with Crippen LogP contribution in [0.15, 0.2) is 60.7 Å². The lowest BCUT2D eigenvalue weighted by molar-refractivity contribution is -0.540. The number of esters is 1. The molecule has 1 unspecified atom stereocenters. The average Bonchev–Trinajstić information content (AvgIpc) is 2.83. The molecule has 2 aromatic carbocycles. The van der Waals surface area contributed by atoms with Crippen LogP contribution in [0.4, 0.5) is 0 Å². The Morgan fingerprint density at radius 2 is 1.56 bits per heavy atom. The summed E-state index contributed by atoms with van der Waals surface area (Å²) in [5, 5.41) is 11.0. The van der Waals surface area contributed by atoms with Crippen molar-refractivity contribution in [1.82, 2.24) is 0 Å². The molecule has 1 saturated carbocycles. The van der Waals surface area contributed by atoms with Crippen molar-refractivity contribution in [3.63, 3.8) is 0 Å². The van der Waals surface area contributed by atoms with Crippen LogP contribution >= 0.6 is 0 Å². The summed E-state index contributed by atoms with van der Waals surface area (Å²) in [6.07, 6.45) is -2.07. The van der Waals surface area contributed by atoms with Crippen LogP contribution in [0.1, 0.15) is 42.1 Å². The first-order chi connectivity index (χ1) is 15.6. The monoisotopic (exact) mass is 440 g/mol. The number of unbranched alkanes of at least 4 members (excludes halogenated alkanes) is 1. The minimum Gasteiger partial charge on any atom is -0.453 e. The molecule has 0 spiro atoms. The first-order valence-corrected chi connectivity index (χ1v) is 11.2. The maximum Gasteiger partial charge on any atom is 0.338 e. The highest BCUT2D eigenvalue weighted by Crippen LogP contribution is 2.49. The van der Waals surface area contributed by atoms with Gasteiger partial charge in [0.2, 0.25) is 0 Å². The second-order valence-electron chi connectivity index (χ2n) is 8.52. The van der Waals surface area contributed by atoms with Gasteiger partial charge in [0.25, 0.3) is 5.97 Å². The maximum absolute atomic E-state index is 12.8. The minimum absolute atomic E-state index is 0.324. The Hall–Kier alpha value is -2.29. The predicted molar refractivity (Wildman–Crippen MR) is 114 cm³/mol. The van der Waals surface area contributed by atoms with Crippen LogP contribution in [0.25, 0.3) is 0 Å². The third-order valence-electron chi connectivity index (χ3n) is 6.29. The molecule has 1 aliphatic carbocycles. The molecular formula is C25H28O7. The number of aliphatic hydroxyl groups is 1. The zero-order valence-corrected chi connectivity index (χ0v) is 18.0. The van der Waals surface area contributed by atoms with Gasteiger partial charge in [-0.3, -0.25) is 0 Å². The summed E-state index contributed by atoms with van der Waals surface area (Å²) in [5.74, 6) is -1.73. The Balaban J connectivity index is 1.39. The molecule has 4 bridgehead atoms. The Morgan fingerprint density at radius 1 is 0.938 bits per heavy atom. The fourth-order valence-electron chi connectivity index (χ4n) is 4.68. The lowest BCUT2D eigenvalue weighted by Gasteiger charge is -2.61. The van der Waals surface area contributed by atoms with Crippen molar-refractivity contribution in [3.05, 3.63) is 71.8 Å². The summed E-state index contributed by atoms with van der Waals surface area (Å²) in [6, 6.07) is 18.5. The number of hydrogen-bond acceptors (Lipinski definition) is 7. The van der Waals surface area contributed by atoms with Crippen LogP contribution in [-0.2, 0) is 30.3 Å². The maximum atomic E-state index is 12.8. The molecular weight excluding hydrogens is 412 g/mol. The van der Waals surface area contributed by atoms with Gasteiger partial charge in [0, 0.05) is 6.42 Å². The van der Waals surface area contributed by atoms with Gasteiger partial charge < -0.3 is 28.8 Å². The van der Waals surface area contributed by atoms with Crippen LogP contribution in [0.3, 0.4) is 0 Å². The summed E-state index contributed by atoms with van der Waals surface area (Å²) in [4.78, 5) is 12.8. The number of carbonyl (C=O) groups excluding carboxylic acids is 1. The van der Waals surface area contributed by atoms with Crippen LogP contribution < -0.4 is 0 Å². The van der Waals surface area contributed by atoms with Crippen molar-refractivity contribution in [2.45, 2.75) is 75.4 Å². The Kier molecular flexibility index (Phi) is 6.01. The highest BCUT2D eigenvalue weighted by atomic mass is 16.9. The number of benzene rings is 2. The van der Waals surface area contributed by atoms with Gasteiger partial charge in [-0.05, 0) is 24.1 Å². The molecule has 0 amide bonds. The third-order valence-corrected chi connectivity index (χ3v) is 6.29. The van der Waals surface area contributed by atoms with E-state index in [0.717, 1.165) is 18.4 Å². The van der Waals surface area contributed by atoms with Gasteiger partial charge in [-0.1, -0.05) is 61.9 Å². The summed E-state index contributed by atoms with van der Waals surface area (Å²) < 4.78 is 30.4. The van der Waals surface area contributed by atoms with Crippen LogP contribution in [0, 0.1) is 0 Å². The van der Waals surface area contributed by atoms with E-state index < -0.39 is 48.6 Å². The van der Waals surface area contributed by atoms with Crippen molar-refractivity contribution in [2.24, 2.45) is 0 Å². The van der Waals surface area contributed by atoms with Gasteiger partial charge in [0.1, 0.15) is 30.5 Å². The SMILES string of the molecule is CCCCC12O[C@@H]3[C@@H](OC(=O)c4ccccc4)[C@H](O1)[C@H](O)[C@H](O2)[C@H]3OCc1ccccc1. The van der Waals surface area contributed by atoms with Gasteiger partial charge >= 0.3 is 5.97 Å². The first-order valence-electron chi connectivity index (χ1n) is 11.2. The third kappa shape index (κ3) is 3.95.